The number of carbonyl (C=O) groups is 5. The summed E-state index contributed by atoms with van der Waals surface area (Å²) in [6.45, 7) is 9.72. The van der Waals surface area contributed by atoms with Crippen LogP contribution in [-0.4, -0.2) is 72.7 Å². The van der Waals surface area contributed by atoms with Gasteiger partial charge in [-0.25, -0.2) is 14.4 Å². The lowest BCUT2D eigenvalue weighted by atomic mass is 9.94. The Labute approximate surface area is 211 Å². The zero-order chi connectivity index (χ0) is 26.9. The van der Waals surface area contributed by atoms with Crippen molar-refractivity contribution in [3.63, 3.8) is 0 Å². The van der Waals surface area contributed by atoms with Crippen molar-refractivity contribution < 1.29 is 42.9 Å². The van der Waals surface area contributed by atoms with E-state index in [4.69, 9.17) is 18.9 Å². The lowest BCUT2D eigenvalue weighted by Crippen LogP contribution is -2.42. The third kappa shape index (κ3) is 8.66. The van der Waals surface area contributed by atoms with Crippen molar-refractivity contribution in [1.29, 1.82) is 0 Å². The lowest BCUT2D eigenvalue weighted by Gasteiger charge is -2.33. The minimum absolute atomic E-state index is 0.00504. The van der Waals surface area contributed by atoms with Crippen LogP contribution in [0, 0.1) is 5.92 Å². The Morgan fingerprint density at radius 1 is 0.917 bits per heavy atom. The third-order valence-electron chi connectivity index (χ3n) is 5.39. The van der Waals surface area contributed by atoms with E-state index in [2.05, 4.69) is 0 Å². The summed E-state index contributed by atoms with van der Waals surface area (Å²) in [5.74, 6) is -3.04. The summed E-state index contributed by atoms with van der Waals surface area (Å²) in [5.41, 5.74) is -0.263. The minimum atomic E-state index is -1.76. The van der Waals surface area contributed by atoms with E-state index in [0.29, 0.717) is 25.9 Å². The number of Topliss-reactive ketones (excluding diaryl/α,β-unsaturated/α-hetero) is 1. The first-order valence-electron chi connectivity index (χ1n) is 12.1. The second kappa shape index (κ2) is 13.0. The zero-order valence-corrected chi connectivity index (χ0v) is 21.5. The van der Waals surface area contributed by atoms with E-state index in [1.54, 1.807) is 39.5 Å². The van der Waals surface area contributed by atoms with E-state index < -0.39 is 41.5 Å². The van der Waals surface area contributed by atoms with Crippen molar-refractivity contribution in [2.45, 2.75) is 65.6 Å². The average Bonchev–Trinajstić information content (AvgIpc) is 2.82. The predicted octanol–water partition coefficient (Wildman–Crippen LogP) is 3.56. The molecule has 1 aromatic rings. The smallest absolute Gasteiger partial charge is 0.410 e. The molecular formula is C26H35NO9. The number of hydrogen-bond acceptors (Lipinski definition) is 9. The van der Waals surface area contributed by atoms with Crippen LogP contribution in [0.4, 0.5) is 4.79 Å². The molecule has 1 heterocycles. The molecule has 1 atom stereocenters. The summed E-state index contributed by atoms with van der Waals surface area (Å²) in [6.07, 6.45) is -1.05. The fourth-order valence-corrected chi connectivity index (χ4v) is 3.62. The number of carbonyl (C=O) groups excluding carboxylic acids is 5. The van der Waals surface area contributed by atoms with Crippen molar-refractivity contribution in [2.75, 3.05) is 26.3 Å². The number of rotatable bonds is 9. The van der Waals surface area contributed by atoms with Crippen LogP contribution in [0.5, 0.6) is 0 Å². The highest BCUT2D eigenvalue weighted by molar-refractivity contribution is 6.12. The number of ketones is 1. The summed E-state index contributed by atoms with van der Waals surface area (Å²) in [5, 5.41) is 0. The second-order valence-electron chi connectivity index (χ2n) is 9.40. The summed E-state index contributed by atoms with van der Waals surface area (Å²) in [6, 6.07) is 5.52. The van der Waals surface area contributed by atoms with Crippen molar-refractivity contribution in [3.05, 3.63) is 35.4 Å². The maximum atomic E-state index is 13.0. The molecular weight excluding hydrogens is 470 g/mol. The van der Waals surface area contributed by atoms with Crippen LogP contribution >= 0.6 is 0 Å². The Kier molecular flexibility index (Phi) is 10.4. The Bertz CT molecular complexity index is 941. The molecule has 10 nitrogen and oxygen atoms in total. The fraction of sp³-hybridized carbons (Fsp3) is 0.577. The SMILES string of the molecule is CCOC(=O)c1ccc(C(=O)C(OC(=O)CC2CCN(C(=O)OC(C)(C)C)CC2)C(=O)OCC)cc1. The maximum Gasteiger partial charge on any atom is 0.410 e. The van der Waals surface area contributed by atoms with Gasteiger partial charge in [0.2, 0.25) is 5.78 Å². The molecule has 1 unspecified atom stereocenters. The highest BCUT2D eigenvalue weighted by Crippen LogP contribution is 2.23. The molecule has 0 radical (unpaired) electrons. The molecule has 1 fully saturated rings. The first kappa shape index (κ1) is 28.8. The van der Waals surface area contributed by atoms with E-state index in [-0.39, 0.29) is 36.7 Å². The summed E-state index contributed by atoms with van der Waals surface area (Å²) in [4.78, 5) is 63.7. The van der Waals surface area contributed by atoms with Crippen molar-refractivity contribution in [1.82, 2.24) is 4.90 Å². The molecule has 1 aliphatic rings. The molecule has 0 aliphatic carbocycles. The van der Waals surface area contributed by atoms with Gasteiger partial charge in [-0.2, -0.15) is 0 Å². The molecule has 1 aromatic carbocycles. The van der Waals surface area contributed by atoms with Crippen molar-refractivity contribution >= 4 is 29.8 Å². The van der Waals surface area contributed by atoms with Gasteiger partial charge >= 0.3 is 24.0 Å². The minimum Gasteiger partial charge on any atom is -0.463 e. The molecule has 1 aliphatic heterocycles. The Hall–Kier alpha value is -3.43. The average molecular weight is 506 g/mol. The van der Waals surface area contributed by atoms with E-state index >= 15 is 0 Å². The largest absolute Gasteiger partial charge is 0.463 e. The Morgan fingerprint density at radius 3 is 2.00 bits per heavy atom. The van der Waals surface area contributed by atoms with E-state index in [9.17, 15) is 24.0 Å². The van der Waals surface area contributed by atoms with Gasteiger partial charge in [-0.3, -0.25) is 9.59 Å². The number of nitrogens with zero attached hydrogens (tertiary/aromatic N) is 1. The number of ether oxygens (including phenoxy) is 4. The lowest BCUT2D eigenvalue weighted by molar-refractivity contribution is -0.164. The van der Waals surface area contributed by atoms with Crippen molar-refractivity contribution in [2.24, 2.45) is 5.92 Å². The molecule has 0 saturated carbocycles. The quantitative estimate of drug-likeness (QED) is 0.214. The number of hydrogen-bond donors (Lipinski definition) is 0. The molecule has 198 valence electrons. The van der Waals surface area contributed by atoms with Gasteiger partial charge in [0, 0.05) is 25.1 Å². The van der Waals surface area contributed by atoms with Gasteiger partial charge in [-0.1, -0.05) is 12.1 Å². The van der Waals surface area contributed by atoms with Crippen LogP contribution < -0.4 is 0 Å². The van der Waals surface area contributed by atoms with Gasteiger partial charge in [0.1, 0.15) is 5.60 Å². The van der Waals surface area contributed by atoms with Crippen LogP contribution in [0.3, 0.4) is 0 Å². The Balaban J connectivity index is 1.99. The number of benzene rings is 1. The standard InChI is InChI=1S/C26H35NO9/c1-6-33-23(30)19-10-8-18(9-11-19)21(29)22(24(31)34-7-2)35-20(28)16-17-12-14-27(15-13-17)25(32)36-26(3,4)5/h8-11,17,22H,6-7,12-16H2,1-5H3. The van der Waals surface area contributed by atoms with Gasteiger partial charge in [-0.05, 0) is 65.5 Å². The normalized spacial score (nSPS) is 15.0. The van der Waals surface area contributed by atoms with Crippen LogP contribution in [0.1, 0.15) is 74.6 Å². The molecule has 0 aromatic heterocycles. The van der Waals surface area contributed by atoms with Crippen LogP contribution in [0.25, 0.3) is 0 Å². The number of esters is 3. The molecule has 0 N–H and O–H groups in total. The molecule has 10 heteroatoms. The molecule has 0 spiro atoms. The van der Waals surface area contributed by atoms with Crippen LogP contribution in [0.2, 0.25) is 0 Å². The van der Waals surface area contributed by atoms with E-state index in [1.807, 2.05) is 0 Å². The Morgan fingerprint density at radius 2 is 1.47 bits per heavy atom. The van der Waals surface area contributed by atoms with Crippen LogP contribution in [-0.2, 0) is 28.5 Å². The summed E-state index contributed by atoms with van der Waals surface area (Å²) >= 11 is 0. The first-order chi connectivity index (χ1) is 16.9. The molecule has 36 heavy (non-hydrogen) atoms. The predicted molar refractivity (Wildman–Crippen MR) is 128 cm³/mol. The monoisotopic (exact) mass is 505 g/mol. The zero-order valence-electron chi connectivity index (χ0n) is 21.5. The van der Waals surface area contributed by atoms with Gasteiger partial charge < -0.3 is 23.8 Å². The number of piperidine rings is 1. The topological polar surface area (TPSA) is 126 Å². The molecule has 2 rings (SSSR count). The summed E-state index contributed by atoms with van der Waals surface area (Å²) in [7, 11) is 0. The van der Waals surface area contributed by atoms with E-state index in [0.717, 1.165) is 0 Å². The second-order valence-corrected chi connectivity index (χ2v) is 9.40. The first-order valence-corrected chi connectivity index (χ1v) is 12.1. The highest BCUT2D eigenvalue weighted by Gasteiger charge is 2.34. The highest BCUT2D eigenvalue weighted by atomic mass is 16.6. The van der Waals surface area contributed by atoms with Gasteiger partial charge in [0.05, 0.1) is 18.8 Å². The van der Waals surface area contributed by atoms with Crippen molar-refractivity contribution in [3.8, 4) is 0 Å². The number of likely N-dealkylation sites (tertiary alicyclic amines) is 1. The number of amides is 1. The van der Waals surface area contributed by atoms with Gasteiger partial charge in [-0.15, -0.1) is 0 Å². The van der Waals surface area contributed by atoms with Crippen LogP contribution in [0.15, 0.2) is 24.3 Å². The van der Waals surface area contributed by atoms with E-state index in [1.165, 1.54) is 24.3 Å². The molecule has 1 saturated heterocycles. The fourth-order valence-electron chi connectivity index (χ4n) is 3.62. The molecule has 1 amide bonds. The maximum absolute atomic E-state index is 13.0. The third-order valence-corrected chi connectivity index (χ3v) is 5.39. The van der Waals surface area contributed by atoms with Gasteiger partial charge in [0.25, 0.3) is 6.10 Å². The van der Waals surface area contributed by atoms with Gasteiger partial charge in [0.15, 0.2) is 0 Å². The summed E-state index contributed by atoms with van der Waals surface area (Å²) < 4.78 is 20.5. The molecule has 0 bridgehead atoms.